The second kappa shape index (κ2) is 17.2. The van der Waals surface area contributed by atoms with Crippen molar-refractivity contribution in [2.75, 3.05) is 36.0 Å². The number of carbonyl (C=O) groups is 3. The Labute approximate surface area is 362 Å². The van der Waals surface area contributed by atoms with Gasteiger partial charge in [-0.1, -0.05) is 49.2 Å². The Hall–Kier alpha value is -7.15. The van der Waals surface area contributed by atoms with Crippen LogP contribution in [0, 0.1) is 22.7 Å². The van der Waals surface area contributed by atoms with Gasteiger partial charge in [0.05, 0.1) is 75.7 Å². The van der Waals surface area contributed by atoms with Crippen LogP contribution in [-0.2, 0) is 17.1 Å². The third-order valence-electron chi connectivity index (χ3n) is 11.8. The van der Waals surface area contributed by atoms with Gasteiger partial charge in [0.1, 0.15) is 6.23 Å². The minimum absolute atomic E-state index is 0.0268. The number of halogens is 6. The molecule has 328 valence electrons. The van der Waals surface area contributed by atoms with E-state index < -0.39 is 59.8 Å². The topological polar surface area (TPSA) is 156 Å². The van der Waals surface area contributed by atoms with Crippen molar-refractivity contribution in [1.82, 2.24) is 20.4 Å². The van der Waals surface area contributed by atoms with Crippen LogP contribution in [0.5, 0.6) is 0 Å². The molecule has 0 bridgehead atoms. The highest BCUT2D eigenvalue weighted by Crippen LogP contribution is 2.43. The van der Waals surface area contributed by atoms with Crippen molar-refractivity contribution >= 4 is 29.3 Å². The third-order valence-corrected chi connectivity index (χ3v) is 11.8. The number of amides is 5. The molecule has 1 unspecified atom stereocenters. The number of unbranched alkanes of at least 4 members (excludes halogenated alkanes) is 3. The van der Waals surface area contributed by atoms with Gasteiger partial charge in [0.25, 0.3) is 5.91 Å². The molecule has 3 atom stereocenters. The maximum Gasteiger partial charge on any atom is 0.416 e. The van der Waals surface area contributed by atoms with E-state index in [4.69, 9.17) is 0 Å². The van der Waals surface area contributed by atoms with E-state index >= 15 is 0 Å². The molecule has 5 amide bonds. The fourth-order valence-corrected chi connectivity index (χ4v) is 8.67. The second-order valence-electron chi connectivity index (χ2n) is 15.7. The largest absolute Gasteiger partial charge is 0.416 e. The van der Waals surface area contributed by atoms with Crippen LogP contribution in [0.2, 0.25) is 0 Å². The lowest BCUT2D eigenvalue weighted by molar-refractivity contribution is -0.138. The predicted octanol–water partition coefficient (Wildman–Crippen LogP) is 8.25. The molecule has 18 heteroatoms. The number of hydrogen-bond acceptors (Lipinski definition) is 7. The molecule has 4 heterocycles. The monoisotopic (exact) mass is 880 g/mol. The Morgan fingerprint density at radius 1 is 0.625 bits per heavy atom. The molecule has 4 aliphatic heterocycles. The van der Waals surface area contributed by atoms with Crippen molar-refractivity contribution in [1.29, 1.82) is 10.5 Å². The minimum atomic E-state index is -4.68. The molecule has 4 aromatic rings. The Bertz CT molecular complexity index is 2650. The molecule has 4 aliphatic rings. The molecule has 0 saturated heterocycles. The average Bonchev–Trinajstić information content (AvgIpc) is 3.78. The first-order valence-electron chi connectivity index (χ1n) is 20.3. The molecule has 0 fully saturated rings. The van der Waals surface area contributed by atoms with Gasteiger partial charge in [0.15, 0.2) is 0 Å². The Kier molecular flexibility index (Phi) is 11.7. The van der Waals surface area contributed by atoms with Crippen molar-refractivity contribution in [2.45, 2.75) is 56.3 Å². The van der Waals surface area contributed by atoms with Crippen LogP contribution >= 0.6 is 0 Å². The van der Waals surface area contributed by atoms with Crippen molar-refractivity contribution in [3.63, 3.8) is 0 Å². The van der Waals surface area contributed by atoms with E-state index in [2.05, 4.69) is 10.6 Å². The number of rotatable bonds is 11. The molecule has 0 saturated carbocycles. The first kappa shape index (κ1) is 43.5. The molecule has 64 heavy (non-hydrogen) atoms. The zero-order valence-corrected chi connectivity index (χ0v) is 33.7. The quantitative estimate of drug-likeness (QED) is 0.101. The molecule has 3 N–H and O–H groups in total. The number of alkyl halides is 6. The van der Waals surface area contributed by atoms with Crippen LogP contribution in [0.4, 0.5) is 47.3 Å². The lowest BCUT2D eigenvalue weighted by Gasteiger charge is -2.35. The van der Waals surface area contributed by atoms with E-state index in [1.54, 1.807) is 58.3 Å². The average molecular weight is 881 g/mol. The van der Waals surface area contributed by atoms with Crippen LogP contribution in [0.25, 0.3) is 0 Å². The van der Waals surface area contributed by atoms with Gasteiger partial charge in [-0.15, -0.1) is 0 Å². The summed E-state index contributed by atoms with van der Waals surface area (Å²) in [6, 6.07) is 22.3. The molecular formula is C46H38F6N8O4. The minimum Gasteiger partial charge on any atom is -0.374 e. The normalized spacial score (nSPS) is 20.2. The number of nitrogens with zero attached hydrogens (tertiary/aromatic N) is 6. The van der Waals surface area contributed by atoms with Crippen LogP contribution < -0.4 is 20.4 Å². The number of benzene rings is 4. The summed E-state index contributed by atoms with van der Waals surface area (Å²) in [5.74, 6) is -0.400. The number of nitrogens with one attached hydrogen (secondary N) is 2. The lowest BCUT2D eigenvalue weighted by Crippen LogP contribution is -2.47. The van der Waals surface area contributed by atoms with Gasteiger partial charge >= 0.3 is 24.4 Å². The van der Waals surface area contributed by atoms with Crippen LogP contribution in [-0.4, -0.2) is 65.3 Å². The Balaban J connectivity index is 0.948. The zero-order chi connectivity index (χ0) is 45.5. The van der Waals surface area contributed by atoms with Gasteiger partial charge in [0.2, 0.25) is 0 Å². The second-order valence-corrected chi connectivity index (χ2v) is 15.7. The van der Waals surface area contributed by atoms with E-state index in [-0.39, 0.29) is 42.3 Å². The standard InChI is InChI=1S/C46H38F6N8O4/c47-45(48,49)31-7-5-9-33(21-31)59-35-25-57(41(61)37(35)39(55-43(59)63)29-15-11-27(23-53)12-16-29)19-3-1-2-4-20-58-26-36-38(42(58)62)40(30-17-13-28(24-54)14-18-30)56-44(64)60(36)34-10-6-8-32(22-34)46(50,51)52/h5-18,21-22,39-41,61H,1-4,19-20,25-26H2,(H,55,63)(H,56,64)/t39-,40-,41?/m1/s1. The van der Waals surface area contributed by atoms with E-state index in [0.29, 0.717) is 65.8 Å². The summed E-state index contributed by atoms with van der Waals surface area (Å²) in [6.07, 6.45) is -8.26. The summed E-state index contributed by atoms with van der Waals surface area (Å²) < 4.78 is 82.4. The maximum absolute atomic E-state index is 14.1. The maximum atomic E-state index is 14.1. The predicted molar refractivity (Wildman–Crippen MR) is 219 cm³/mol. The van der Waals surface area contributed by atoms with Gasteiger partial charge in [-0.25, -0.2) is 9.59 Å². The molecule has 0 aliphatic carbocycles. The van der Waals surface area contributed by atoms with Gasteiger partial charge in [-0.05, 0) is 84.6 Å². The molecule has 8 rings (SSSR count). The SMILES string of the molecule is N#Cc1ccc([C@H]2NC(=O)N(c3cccc(C(F)(F)F)c3)C3=C2C(=O)N(CCCCCCN2CC4=C(C2O)[C@@H](c2ccc(C#N)cc2)NC(=O)N4c2cccc(C(F)(F)F)c2)C3)cc1. The number of aliphatic hydroxyl groups excluding tert-OH is 1. The van der Waals surface area contributed by atoms with Crippen molar-refractivity contribution in [3.05, 3.63) is 153 Å². The highest BCUT2D eigenvalue weighted by molar-refractivity contribution is 6.07. The number of aliphatic hydroxyl groups is 1. The number of hydrogen-bond donors (Lipinski definition) is 3. The summed E-state index contributed by atoms with van der Waals surface area (Å²) in [5, 5.41) is 36.0. The first-order valence-corrected chi connectivity index (χ1v) is 20.3. The lowest BCUT2D eigenvalue weighted by atomic mass is 9.94. The highest BCUT2D eigenvalue weighted by atomic mass is 19.4. The van der Waals surface area contributed by atoms with Gasteiger partial charge < -0.3 is 20.6 Å². The Morgan fingerprint density at radius 3 is 1.62 bits per heavy atom. The van der Waals surface area contributed by atoms with Gasteiger partial charge in [-0.2, -0.15) is 36.9 Å². The molecule has 0 spiro atoms. The van der Waals surface area contributed by atoms with E-state index in [9.17, 15) is 56.4 Å². The number of nitriles is 2. The molecule has 0 radical (unpaired) electrons. The molecule has 4 aromatic carbocycles. The first-order chi connectivity index (χ1) is 30.6. The molecular weight excluding hydrogens is 843 g/mol. The van der Waals surface area contributed by atoms with Crippen LogP contribution in [0.15, 0.2) is 120 Å². The van der Waals surface area contributed by atoms with Crippen molar-refractivity contribution in [2.24, 2.45) is 0 Å². The van der Waals surface area contributed by atoms with Crippen molar-refractivity contribution < 1.29 is 45.8 Å². The number of anilines is 2. The molecule has 12 nitrogen and oxygen atoms in total. The number of urea groups is 2. The van der Waals surface area contributed by atoms with Gasteiger partial charge in [-0.3, -0.25) is 19.5 Å². The van der Waals surface area contributed by atoms with Crippen LogP contribution in [0.3, 0.4) is 0 Å². The summed E-state index contributed by atoms with van der Waals surface area (Å²) >= 11 is 0. The Morgan fingerprint density at radius 2 is 1.11 bits per heavy atom. The van der Waals surface area contributed by atoms with E-state index in [1.165, 1.54) is 24.3 Å². The number of carbonyl (C=O) groups excluding carboxylic acids is 3. The fourth-order valence-electron chi connectivity index (χ4n) is 8.67. The zero-order valence-electron chi connectivity index (χ0n) is 33.7. The van der Waals surface area contributed by atoms with E-state index in [0.717, 1.165) is 34.1 Å². The van der Waals surface area contributed by atoms with Crippen LogP contribution in [0.1, 0.15) is 71.1 Å². The summed E-state index contributed by atoms with van der Waals surface area (Å²) in [4.78, 5) is 46.9. The van der Waals surface area contributed by atoms with E-state index in [1.807, 2.05) is 12.1 Å². The summed E-state index contributed by atoms with van der Waals surface area (Å²) in [7, 11) is 0. The smallest absolute Gasteiger partial charge is 0.374 e. The molecule has 0 aromatic heterocycles. The fraction of sp³-hybridized carbons (Fsp3) is 0.283. The highest BCUT2D eigenvalue weighted by Gasteiger charge is 2.47. The third kappa shape index (κ3) is 8.37. The summed E-state index contributed by atoms with van der Waals surface area (Å²) in [5.41, 5.74) is 0.989. The summed E-state index contributed by atoms with van der Waals surface area (Å²) in [6.45, 7) is 0.591. The van der Waals surface area contributed by atoms with Crippen molar-refractivity contribution in [3.8, 4) is 12.1 Å². The van der Waals surface area contributed by atoms with Gasteiger partial charge in [0, 0.05) is 30.9 Å².